The summed E-state index contributed by atoms with van der Waals surface area (Å²) in [5, 5.41) is 2.91. The zero-order valence-electron chi connectivity index (χ0n) is 8.81. The van der Waals surface area contributed by atoms with Gasteiger partial charge in [-0.1, -0.05) is 13.8 Å². The number of rotatable bonds is 4. The lowest BCUT2D eigenvalue weighted by atomic mass is 9.96. The Hall–Kier alpha value is -0.280. The van der Waals surface area contributed by atoms with Crippen LogP contribution in [0, 0.1) is 11.3 Å². The molecule has 1 aliphatic heterocycles. The lowest BCUT2D eigenvalue weighted by Gasteiger charge is -2.22. The van der Waals surface area contributed by atoms with Crippen molar-refractivity contribution < 1.29 is 9.53 Å². The monoisotopic (exact) mass is 219 g/mol. The van der Waals surface area contributed by atoms with Gasteiger partial charge in [0.25, 0.3) is 0 Å². The summed E-state index contributed by atoms with van der Waals surface area (Å²) in [6, 6.07) is 0. The van der Waals surface area contributed by atoms with Crippen molar-refractivity contribution in [3.8, 4) is 0 Å². The molecule has 0 radical (unpaired) electrons. The van der Waals surface area contributed by atoms with Crippen molar-refractivity contribution in [2.24, 2.45) is 11.3 Å². The minimum absolute atomic E-state index is 0.0311. The number of amides is 1. The number of ether oxygens (including phenoxy) is 1. The van der Waals surface area contributed by atoms with Crippen molar-refractivity contribution in [3.05, 3.63) is 0 Å². The molecule has 3 nitrogen and oxygen atoms in total. The molecular weight excluding hydrogens is 202 g/mol. The van der Waals surface area contributed by atoms with E-state index in [0.29, 0.717) is 25.6 Å². The van der Waals surface area contributed by atoms with E-state index in [9.17, 15) is 4.79 Å². The minimum atomic E-state index is -0.0311. The van der Waals surface area contributed by atoms with Gasteiger partial charge in [0, 0.05) is 19.0 Å². The van der Waals surface area contributed by atoms with Gasteiger partial charge in [-0.2, -0.15) is 0 Å². The molecule has 14 heavy (non-hydrogen) atoms. The number of hydrogen-bond donors (Lipinski definition) is 1. The van der Waals surface area contributed by atoms with Crippen molar-refractivity contribution in [3.63, 3.8) is 0 Å². The molecule has 0 saturated carbocycles. The first kappa shape index (κ1) is 11.8. The first-order valence-electron chi connectivity index (χ1n) is 4.96. The Balaban J connectivity index is 2.27. The van der Waals surface area contributed by atoms with Gasteiger partial charge < -0.3 is 10.1 Å². The van der Waals surface area contributed by atoms with Crippen molar-refractivity contribution in [1.82, 2.24) is 5.32 Å². The van der Waals surface area contributed by atoms with Crippen LogP contribution in [0.5, 0.6) is 0 Å². The smallest absolute Gasteiger partial charge is 0.225 e. The predicted molar refractivity (Wildman–Crippen MR) is 56.4 cm³/mol. The van der Waals surface area contributed by atoms with E-state index in [1.165, 1.54) is 0 Å². The van der Waals surface area contributed by atoms with Crippen molar-refractivity contribution in [2.75, 3.05) is 25.6 Å². The van der Waals surface area contributed by atoms with Gasteiger partial charge in [0.2, 0.25) is 5.91 Å². The molecule has 0 spiro atoms. The quantitative estimate of drug-likeness (QED) is 0.726. The van der Waals surface area contributed by atoms with E-state index in [0.717, 1.165) is 6.42 Å². The Bertz CT molecular complexity index is 200. The van der Waals surface area contributed by atoms with E-state index < -0.39 is 0 Å². The summed E-state index contributed by atoms with van der Waals surface area (Å²) in [7, 11) is 0. The van der Waals surface area contributed by atoms with Gasteiger partial charge in [0.05, 0.1) is 12.5 Å². The highest BCUT2D eigenvalue weighted by Crippen LogP contribution is 2.17. The molecule has 0 aromatic carbocycles. The van der Waals surface area contributed by atoms with Crippen LogP contribution in [0.15, 0.2) is 0 Å². The van der Waals surface area contributed by atoms with Crippen LogP contribution in [0.25, 0.3) is 0 Å². The molecule has 4 heteroatoms. The first-order chi connectivity index (χ1) is 6.55. The van der Waals surface area contributed by atoms with Crippen molar-refractivity contribution in [2.45, 2.75) is 20.3 Å². The highest BCUT2D eigenvalue weighted by Gasteiger charge is 2.25. The second kappa shape index (κ2) is 4.99. The molecule has 82 valence electrons. The molecule has 1 atom stereocenters. The maximum absolute atomic E-state index is 11.6. The lowest BCUT2D eigenvalue weighted by molar-refractivity contribution is -0.125. The van der Waals surface area contributed by atoms with Gasteiger partial charge >= 0.3 is 0 Å². The van der Waals surface area contributed by atoms with Crippen LogP contribution in [-0.2, 0) is 9.53 Å². The van der Waals surface area contributed by atoms with Crippen LogP contribution in [0.2, 0.25) is 0 Å². The number of halogens is 1. The molecule has 1 saturated heterocycles. The summed E-state index contributed by atoms with van der Waals surface area (Å²) in [6.45, 7) is 5.97. The highest BCUT2D eigenvalue weighted by molar-refractivity contribution is 6.18. The first-order valence-corrected chi connectivity index (χ1v) is 5.50. The molecule has 1 amide bonds. The Kier molecular flexibility index (Phi) is 4.20. The lowest BCUT2D eigenvalue weighted by Crippen LogP contribution is -2.38. The van der Waals surface area contributed by atoms with E-state index >= 15 is 0 Å². The highest BCUT2D eigenvalue weighted by atomic mass is 35.5. The number of carbonyl (C=O) groups excluding carboxylic acids is 1. The number of nitrogens with one attached hydrogen (secondary N) is 1. The number of alkyl halides is 1. The minimum Gasteiger partial charge on any atom is -0.381 e. The van der Waals surface area contributed by atoms with Crippen molar-refractivity contribution in [1.29, 1.82) is 0 Å². The molecule has 1 N–H and O–H groups in total. The van der Waals surface area contributed by atoms with Gasteiger partial charge in [-0.25, -0.2) is 0 Å². The Morgan fingerprint density at radius 3 is 2.86 bits per heavy atom. The fraction of sp³-hybridized carbons (Fsp3) is 0.900. The summed E-state index contributed by atoms with van der Waals surface area (Å²) in [5.74, 6) is 0.691. The fourth-order valence-corrected chi connectivity index (χ4v) is 1.35. The zero-order valence-corrected chi connectivity index (χ0v) is 9.56. The normalized spacial score (nSPS) is 22.4. The van der Waals surface area contributed by atoms with Gasteiger partial charge in [0.15, 0.2) is 0 Å². The maximum Gasteiger partial charge on any atom is 0.225 e. The van der Waals surface area contributed by atoms with E-state index in [-0.39, 0.29) is 17.2 Å². The molecular formula is C10H18ClNO2. The second-order valence-corrected chi connectivity index (χ2v) is 4.84. The van der Waals surface area contributed by atoms with E-state index in [2.05, 4.69) is 5.32 Å². The second-order valence-electron chi connectivity index (χ2n) is 4.58. The van der Waals surface area contributed by atoms with Crippen LogP contribution < -0.4 is 5.32 Å². The average molecular weight is 220 g/mol. The molecule has 0 bridgehead atoms. The molecule has 1 heterocycles. The largest absolute Gasteiger partial charge is 0.381 e. The van der Waals surface area contributed by atoms with E-state index in [4.69, 9.17) is 16.3 Å². The van der Waals surface area contributed by atoms with Crippen LogP contribution in [0.4, 0.5) is 0 Å². The Morgan fingerprint density at radius 1 is 1.64 bits per heavy atom. The molecule has 1 rings (SSSR count). The Morgan fingerprint density at radius 2 is 2.36 bits per heavy atom. The number of hydrogen-bond acceptors (Lipinski definition) is 2. The third kappa shape index (κ3) is 3.46. The van der Waals surface area contributed by atoms with Gasteiger partial charge in [-0.3, -0.25) is 4.79 Å². The maximum atomic E-state index is 11.6. The third-order valence-corrected chi connectivity index (χ3v) is 3.13. The molecule has 0 aromatic heterocycles. The average Bonchev–Trinajstić information content (AvgIpc) is 2.67. The van der Waals surface area contributed by atoms with E-state index in [1.807, 2.05) is 13.8 Å². The summed E-state index contributed by atoms with van der Waals surface area (Å²) < 4.78 is 5.15. The standard InChI is InChI=1S/C10H18ClNO2/c1-10(2,6-11)7-12-9(13)8-3-4-14-5-8/h8H,3-7H2,1-2H3,(H,12,13). The van der Waals surface area contributed by atoms with Crippen molar-refractivity contribution >= 4 is 17.5 Å². The third-order valence-electron chi connectivity index (χ3n) is 2.40. The van der Waals surface area contributed by atoms with E-state index in [1.54, 1.807) is 0 Å². The molecule has 0 aromatic rings. The fourth-order valence-electron chi connectivity index (χ4n) is 1.26. The molecule has 1 fully saturated rings. The summed E-state index contributed by atoms with van der Waals surface area (Å²) in [4.78, 5) is 11.6. The summed E-state index contributed by atoms with van der Waals surface area (Å²) in [6.07, 6.45) is 0.840. The topological polar surface area (TPSA) is 38.3 Å². The molecule has 0 aliphatic carbocycles. The van der Waals surface area contributed by atoms with Gasteiger partial charge in [0.1, 0.15) is 0 Å². The predicted octanol–water partition coefficient (Wildman–Crippen LogP) is 1.40. The Labute approximate surface area is 90.1 Å². The van der Waals surface area contributed by atoms with Crippen LogP contribution in [0.1, 0.15) is 20.3 Å². The summed E-state index contributed by atoms with van der Waals surface area (Å²) >= 11 is 5.76. The summed E-state index contributed by atoms with van der Waals surface area (Å²) in [5.41, 5.74) is -0.0311. The SMILES string of the molecule is CC(C)(CCl)CNC(=O)C1CCOC1. The molecule has 1 unspecified atom stereocenters. The van der Waals surface area contributed by atoms with Crippen LogP contribution >= 0.6 is 11.6 Å². The number of carbonyl (C=O) groups is 1. The van der Waals surface area contributed by atoms with Gasteiger partial charge in [-0.15, -0.1) is 11.6 Å². The van der Waals surface area contributed by atoms with Crippen LogP contribution in [0.3, 0.4) is 0 Å². The zero-order chi connectivity index (χ0) is 10.6. The van der Waals surface area contributed by atoms with Gasteiger partial charge in [-0.05, 0) is 11.8 Å². The van der Waals surface area contributed by atoms with Crippen LogP contribution in [-0.4, -0.2) is 31.5 Å². The molecule has 1 aliphatic rings.